The molecule has 23 heavy (non-hydrogen) atoms. The zero-order valence-electron chi connectivity index (χ0n) is 14.1. The smallest absolute Gasteiger partial charge is 0.248 e. The lowest BCUT2D eigenvalue weighted by Gasteiger charge is -2.43. The SMILES string of the molecule is Cc1c(C(N)=O)cccc1C1CCCOC1N1CCN(C)CC1. The number of amides is 1. The van der Waals surface area contributed by atoms with Crippen molar-refractivity contribution in [1.82, 2.24) is 9.80 Å². The number of benzene rings is 1. The van der Waals surface area contributed by atoms with Gasteiger partial charge in [0.2, 0.25) is 5.91 Å². The Morgan fingerprint density at radius 3 is 2.70 bits per heavy atom. The number of likely N-dealkylation sites (N-methyl/N-ethyl adjacent to an activating group) is 1. The molecule has 0 aromatic heterocycles. The number of nitrogens with zero attached hydrogens (tertiary/aromatic N) is 2. The third kappa shape index (κ3) is 3.42. The van der Waals surface area contributed by atoms with Gasteiger partial charge in [-0.25, -0.2) is 0 Å². The van der Waals surface area contributed by atoms with Gasteiger partial charge in [-0.15, -0.1) is 0 Å². The van der Waals surface area contributed by atoms with Crippen LogP contribution in [0.1, 0.15) is 40.2 Å². The van der Waals surface area contributed by atoms with E-state index in [1.807, 2.05) is 19.1 Å². The first-order chi connectivity index (χ1) is 11.1. The largest absolute Gasteiger partial charge is 0.366 e. The molecule has 2 aliphatic heterocycles. The Morgan fingerprint density at radius 2 is 2.00 bits per heavy atom. The minimum Gasteiger partial charge on any atom is -0.366 e. The monoisotopic (exact) mass is 317 g/mol. The number of piperazine rings is 1. The second-order valence-corrected chi connectivity index (χ2v) is 6.73. The molecule has 1 aromatic carbocycles. The highest BCUT2D eigenvalue weighted by atomic mass is 16.5. The van der Waals surface area contributed by atoms with Crippen molar-refractivity contribution in [3.05, 3.63) is 34.9 Å². The van der Waals surface area contributed by atoms with Gasteiger partial charge in [-0.3, -0.25) is 9.69 Å². The van der Waals surface area contributed by atoms with Crippen LogP contribution < -0.4 is 5.73 Å². The average Bonchev–Trinajstić information content (AvgIpc) is 2.56. The minimum absolute atomic E-state index is 0.110. The summed E-state index contributed by atoms with van der Waals surface area (Å²) in [6.45, 7) is 7.05. The number of carbonyl (C=O) groups is 1. The molecule has 126 valence electrons. The van der Waals surface area contributed by atoms with Crippen LogP contribution in [0.2, 0.25) is 0 Å². The molecular formula is C18H27N3O2. The van der Waals surface area contributed by atoms with E-state index in [9.17, 15) is 4.79 Å². The molecule has 0 aliphatic carbocycles. The molecule has 0 spiro atoms. The van der Waals surface area contributed by atoms with Crippen LogP contribution in [0, 0.1) is 6.92 Å². The maximum atomic E-state index is 11.7. The van der Waals surface area contributed by atoms with Crippen LogP contribution in [0.3, 0.4) is 0 Å². The van der Waals surface area contributed by atoms with Crippen LogP contribution in [-0.2, 0) is 4.74 Å². The fraction of sp³-hybridized carbons (Fsp3) is 0.611. The quantitative estimate of drug-likeness (QED) is 0.919. The molecule has 2 aliphatic rings. The molecule has 0 bridgehead atoms. The fourth-order valence-corrected chi connectivity index (χ4v) is 3.83. The number of rotatable bonds is 3. The summed E-state index contributed by atoms with van der Waals surface area (Å²) in [4.78, 5) is 16.5. The van der Waals surface area contributed by atoms with Crippen LogP contribution in [0.5, 0.6) is 0 Å². The van der Waals surface area contributed by atoms with Gasteiger partial charge in [-0.2, -0.15) is 0 Å². The summed E-state index contributed by atoms with van der Waals surface area (Å²) in [5.41, 5.74) is 8.37. The van der Waals surface area contributed by atoms with Gasteiger partial charge in [-0.1, -0.05) is 12.1 Å². The van der Waals surface area contributed by atoms with E-state index in [2.05, 4.69) is 22.9 Å². The second kappa shape index (κ2) is 6.99. The Morgan fingerprint density at radius 1 is 1.26 bits per heavy atom. The van der Waals surface area contributed by atoms with E-state index in [0.29, 0.717) is 11.5 Å². The first kappa shape index (κ1) is 16.4. The molecule has 1 amide bonds. The van der Waals surface area contributed by atoms with E-state index >= 15 is 0 Å². The Kier molecular flexibility index (Phi) is 4.99. The van der Waals surface area contributed by atoms with Gasteiger partial charge in [0, 0.05) is 44.3 Å². The highest BCUT2D eigenvalue weighted by molar-refractivity contribution is 5.94. The fourth-order valence-electron chi connectivity index (χ4n) is 3.83. The maximum Gasteiger partial charge on any atom is 0.248 e. The van der Waals surface area contributed by atoms with E-state index in [-0.39, 0.29) is 12.1 Å². The van der Waals surface area contributed by atoms with Gasteiger partial charge >= 0.3 is 0 Å². The third-order valence-corrected chi connectivity index (χ3v) is 5.23. The van der Waals surface area contributed by atoms with E-state index in [1.165, 1.54) is 5.56 Å². The molecule has 0 saturated carbocycles. The Hall–Kier alpha value is -1.43. The molecule has 2 saturated heterocycles. The number of ether oxygens (including phenoxy) is 1. The molecule has 2 N–H and O–H groups in total. The van der Waals surface area contributed by atoms with E-state index in [0.717, 1.165) is 51.2 Å². The molecule has 5 heteroatoms. The molecule has 1 aromatic rings. The standard InChI is InChI=1S/C18H27N3O2/c1-13-14(5-3-6-15(13)17(19)22)16-7-4-12-23-18(16)21-10-8-20(2)9-11-21/h3,5-6,16,18H,4,7-12H2,1-2H3,(H2,19,22). The van der Waals surface area contributed by atoms with Crippen molar-refractivity contribution in [2.75, 3.05) is 39.8 Å². The topological polar surface area (TPSA) is 58.8 Å². The first-order valence-electron chi connectivity index (χ1n) is 8.51. The third-order valence-electron chi connectivity index (χ3n) is 5.23. The van der Waals surface area contributed by atoms with Crippen LogP contribution in [-0.4, -0.2) is 61.8 Å². The van der Waals surface area contributed by atoms with Crippen LogP contribution in [0.4, 0.5) is 0 Å². The Labute approximate surface area is 138 Å². The highest BCUT2D eigenvalue weighted by Crippen LogP contribution is 2.35. The normalized spacial score (nSPS) is 27.0. The summed E-state index contributed by atoms with van der Waals surface area (Å²) >= 11 is 0. The lowest BCUT2D eigenvalue weighted by molar-refractivity contribution is -0.110. The zero-order chi connectivity index (χ0) is 16.4. The van der Waals surface area contributed by atoms with Crippen molar-refractivity contribution >= 4 is 5.91 Å². The predicted octanol–water partition coefficient (Wildman–Crippen LogP) is 1.56. The summed E-state index contributed by atoms with van der Waals surface area (Å²) in [6.07, 6.45) is 2.27. The summed E-state index contributed by atoms with van der Waals surface area (Å²) in [5.74, 6) is -0.0383. The van der Waals surface area contributed by atoms with Crippen LogP contribution >= 0.6 is 0 Å². The maximum absolute atomic E-state index is 11.7. The van der Waals surface area contributed by atoms with Crippen molar-refractivity contribution in [1.29, 1.82) is 0 Å². The molecule has 2 unspecified atom stereocenters. The van der Waals surface area contributed by atoms with Gasteiger partial charge in [0.1, 0.15) is 6.23 Å². The van der Waals surface area contributed by atoms with E-state index < -0.39 is 0 Å². The predicted molar refractivity (Wildman–Crippen MR) is 90.5 cm³/mol. The zero-order valence-corrected chi connectivity index (χ0v) is 14.1. The van der Waals surface area contributed by atoms with Gasteiger partial charge in [0.05, 0.1) is 0 Å². The number of hydrogen-bond donors (Lipinski definition) is 1. The number of nitrogens with two attached hydrogens (primary N) is 1. The summed E-state index contributed by atoms with van der Waals surface area (Å²) in [7, 11) is 2.16. The van der Waals surface area contributed by atoms with Crippen molar-refractivity contribution in [2.24, 2.45) is 5.73 Å². The van der Waals surface area contributed by atoms with Crippen LogP contribution in [0.15, 0.2) is 18.2 Å². The Bertz CT molecular complexity index is 567. The molecule has 2 atom stereocenters. The van der Waals surface area contributed by atoms with E-state index in [1.54, 1.807) is 0 Å². The Balaban J connectivity index is 1.87. The molecule has 3 rings (SSSR count). The van der Waals surface area contributed by atoms with Crippen LogP contribution in [0.25, 0.3) is 0 Å². The minimum atomic E-state index is -0.350. The van der Waals surface area contributed by atoms with E-state index in [4.69, 9.17) is 10.5 Å². The molecule has 2 fully saturated rings. The highest BCUT2D eigenvalue weighted by Gasteiger charge is 2.34. The van der Waals surface area contributed by atoms with Gasteiger partial charge < -0.3 is 15.4 Å². The average molecular weight is 317 g/mol. The summed E-state index contributed by atoms with van der Waals surface area (Å²) < 4.78 is 6.17. The van der Waals surface area contributed by atoms with Crippen molar-refractivity contribution in [3.63, 3.8) is 0 Å². The summed E-state index contributed by atoms with van der Waals surface area (Å²) in [5, 5.41) is 0. The molecule has 0 radical (unpaired) electrons. The molecule has 5 nitrogen and oxygen atoms in total. The van der Waals surface area contributed by atoms with Gasteiger partial charge in [0.15, 0.2) is 0 Å². The molecular weight excluding hydrogens is 290 g/mol. The van der Waals surface area contributed by atoms with Crippen molar-refractivity contribution in [2.45, 2.75) is 31.9 Å². The summed E-state index contributed by atoms with van der Waals surface area (Å²) in [6, 6.07) is 5.89. The van der Waals surface area contributed by atoms with Crippen molar-refractivity contribution in [3.8, 4) is 0 Å². The second-order valence-electron chi connectivity index (χ2n) is 6.73. The number of primary amides is 1. The molecule has 2 heterocycles. The number of hydrogen-bond acceptors (Lipinski definition) is 4. The lowest BCUT2D eigenvalue weighted by atomic mass is 9.85. The van der Waals surface area contributed by atoms with Crippen molar-refractivity contribution < 1.29 is 9.53 Å². The van der Waals surface area contributed by atoms with Gasteiger partial charge in [0.25, 0.3) is 0 Å². The lowest BCUT2D eigenvalue weighted by Crippen LogP contribution is -2.52. The first-order valence-corrected chi connectivity index (χ1v) is 8.51. The van der Waals surface area contributed by atoms with Gasteiger partial charge in [-0.05, 0) is 44.0 Å². The number of carbonyl (C=O) groups excluding carboxylic acids is 1.